The summed E-state index contributed by atoms with van der Waals surface area (Å²) in [7, 11) is 0. The lowest BCUT2D eigenvalue weighted by atomic mass is 10.5. The third-order valence-electron chi connectivity index (χ3n) is 1.33. The summed E-state index contributed by atoms with van der Waals surface area (Å²) >= 11 is 0. The van der Waals surface area contributed by atoms with E-state index < -0.39 is 0 Å². The van der Waals surface area contributed by atoms with E-state index in [1.54, 1.807) is 0 Å². The Morgan fingerprint density at radius 2 is 2.50 bits per heavy atom. The molecule has 56 valence electrons. The molecule has 1 aliphatic rings. The average molecular weight is 143 g/mol. The molecule has 5 nitrogen and oxygen atoms in total. The molecule has 1 saturated heterocycles. The van der Waals surface area contributed by atoms with Crippen molar-refractivity contribution in [2.45, 2.75) is 0 Å². The molecular weight excluding hydrogens is 134 g/mol. The van der Waals surface area contributed by atoms with Crippen molar-refractivity contribution in [3.63, 3.8) is 0 Å². The first-order valence-electron chi connectivity index (χ1n) is 3.04. The molecule has 0 atom stereocenters. The van der Waals surface area contributed by atoms with Gasteiger partial charge in [0.2, 0.25) is 5.91 Å². The first kappa shape index (κ1) is 7.01. The van der Waals surface area contributed by atoms with Gasteiger partial charge < -0.3 is 11.1 Å². The van der Waals surface area contributed by atoms with E-state index in [9.17, 15) is 9.59 Å². The third-order valence-corrected chi connectivity index (χ3v) is 1.33. The summed E-state index contributed by atoms with van der Waals surface area (Å²) in [4.78, 5) is 22.6. The second kappa shape index (κ2) is 2.66. The fraction of sp³-hybridized carbons (Fsp3) is 0.600. The highest BCUT2D eigenvalue weighted by Crippen LogP contribution is 1.95. The zero-order chi connectivity index (χ0) is 7.56. The smallest absolute Gasteiger partial charge is 0.324 e. The average Bonchev–Trinajstić information content (AvgIpc) is 2.34. The van der Waals surface area contributed by atoms with Gasteiger partial charge in [-0.05, 0) is 0 Å². The molecule has 0 aromatic carbocycles. The molecule has 0 spiro atoms. The zero-order valence-corrected chi connectivity index (χ0v) is 5.46. The molecule has 1 aliphatic heterocycles. The summed E-state index contributed by atoms with van der Waals surface area (Å²) in [6.07, 6.45) is 0. The number of imide groups is 1. The van der Waals surface area contributed by atoms with Crippen molar-refractivity contribution < 1.29 is 9.59 Å². The van der Waals surface area contributed by atoms with Crippen molar-refractivity contribution in [3.05, 3.63) is 0 Å². The number of nitrogens with one attached hydrogen (secondary N) is 1. The Kier molecular flexibility index (Phi) is 1.86. The predicted molar refractivity (Wildman–Crippen MR) is 34.2 cm³/mol. The molecule has 0 aliphatic carbocycles. The molecule has 0 unspecified atom stereocenters. The normalized spacial score (nSPS) is 17.3. The van der Waals surface area contributed by atoms with Gasteiger partial charge in [-0.25, -0.2) is 4.79 Å². The Bertz CT molecular complexity index is 168. The highest BCUT2D eigenvalue weighted by atomic mass is 16.2. The summed E-state index contributed by atoms with van der Waals surface area (Å²) < 4.78 is 0. The minimum Gasteiger partial charge on any atom is -0.336 e. The summed E-state index contributed by atoms with van der Waals surface area (Å²) in [5, 5.41) is 2.50. The minimum atomic E-state index is -0.338. The molecule has 10 heavy (non-hydrogen) atoms. The quantitative estimate of drug-likeness (QED) is 0.469. The number of carbonyl (C=O) groups excluding carboxylic acids is 2. The lowest BCUT2D eigenvalue weighted by Gasteiger charge is -2.08. The van der Waals surface area contributed by atoms with E-state index in [0.29, 0.717) is 13.1 Å². The number of amides is 3. The van der Waals surface area contributed by atoms with E-state index in [2.05, 4.69) is 5.32 Å². The van der Waals surface area contributed by atoms with Crippen LogP contribution in [-0.4, -0.2) is 36.5 Å². The number of carbonyl (C=O) groups is 2. The van der Waals surface area contributed by atoms with E-state index in [0.717, 1.165) is 4.90 Å². The lowest BCUT2D eigenvalue weighted by molar-refractivity contribution is -0.126. The van der Waals surface area contributed by atoms with Crippen molar-refractivity contribution in [2.75, 3.05) is 19.6 Å². The van der Waals surface area contributed by atoms with E-state index >= 15 is 0 Å². The number of urea groups is 1. The molecular formula is C5H9N3O2. The maximum Gasteiger partial charge on any atom is 0.324 e. The molecule has 1 heterocycles. The molecule has 5 heteroatoms. The molecule has 1 fully saturated rings. The Hall–Kier alpha value is -1.10. The van der Waals surface area contributed by atoms with E-state index in [-0.39, 0.29) is 18.5 Å². The maximum atomic E-state index is 10.8. The van der Waals surface area contributed by atoms with Crippen LogP contribution in [0.4, 0.5) is 4.79 Å². The Morgan fingerprint density at radius 3 is 2.90 bits per heavy atom. The number of hydrogen-bond acceptors (Lipinski definition) is 3. The summed E-state index contributed by atoms with van der Waals surface area (Å²) in [5.74, 6) is -0.324. The molecule has 0 bridgehead atoms. The molecule has 1 rings (SSSR count). The van der Waals surface area contributed by atoms with Crippen LogP contribution in [0.3, 0.4) is 0 Å². The topological polar surface area (TPSA) is 75.4 Å². The van der Waals surface area contributed by atoms with Gasteiger partial charge in [-0.15, -0.1) is 0 Å². The van der Waals surface area contributed by atoms with Crippen molar-refractivity contribution in [1.29, 1.82) is 0 Å². The van der Waals surface area contributed by atoms with Crippen LogP contribution >= 0.6 is 0 Å². The first-order valence-corrected chi connectivity index (χ1v) is 3.04. The van der Waals surface area contributed by atoms with E-state index in [1.165, 1.54) is 0 Å². The van der Waals surface area contributed by atoms with Gasteiger partial charge in [-0.1, -0.05) is 0 Å². The molecule has 3 N–H and O–H groups in total. The Labute approximate surface area is 58.2 Å². The van der Waals surface area contributed by atoms with Gasteiger partial charge in [-0.3, -0.25) is 9.69 Å². The monoisotopic (exact) mass is 143 g/mol. The summed E-state index contributed by atoms with van der Waals surface area (Å²) in [6.45, 7) is 0.868. The van der Waals surface area contributed by atoms with Gasteiger partial charge in [-0.2, -0.15) is 0 Å². The van der Waals surface area contributed by atoms with Gasteiger partial charge in [0, 0.05) is 13.1 Å². The molecule has 0 radical (unpaired) electrons. The van der Waals surface area contributed by atoms with Gasteiger partial charge in [0.05, 0.1) is 6.54 Å². The van der Waals surface area contributed by atoms with Crippen molar-refractivity contribution in [2.24, 2.45) is 5.73 Å². The van der Waals surface area contributed by atoms with Gasteiger partial charge >= 0.3 is 6.03 Å². The minimum absolute atomic E-state index is 0.104. The van der Waals surface area contributed by atoms with Crippen LogP contribution in [0.5, 0.6) is 0 Å². The van der Waals surface area contributed by atoms with E-state index in [1.807, 2.05) is 0 Å². The van der Waals surface area contributed by atoms with Gasteiger partial charge in [0.15, 0.2) is 0 Å². The number of hydrogen-bond donors (Lipinski definition) is 2. The van der Waals surface area contributed by atoms with Crippen molar-refractivity contribution in [3.8, 4) is 0 Å². The van der Waals surface area contributed by atoms with Crippen LogP contribution < -0.4 is 11.1 Å². The SMILES string of the molecule is NCC(=O)N1CCNC1=O. The zero-order valence-electron chi connectivity index (χ0n) is 5.46. The van der Waals surface area contributed by atoms with E-state index in [4.69, 9.17) is 5.73 Å². The Morgan fingerprint density at radius 1 is 1.80 bits per heavy atom. The number of rotatable bonds is 1. The summed E-state index contributed by atoms with van der Waals surface area (Å²) in [5.41, 5.74) is 5.04. The second-order valence-corrected chi connectivity index (χ2v) is 1.98. The highest BCUT2D eigenvalue weighted by Gasteiger charge is 2.24. The van der Waals surface area contributed by atoms with Crippen LogP contribution in [-0.2, 0) is 4.79 Å². The molecule has 0 saturated carbocycles. The number of nitrogens with two attached hydrogens (primary N) is 1. The third kappa shape index (κ3) is 1.08. The standard InChI is InChI=1S/C5H9N3O2/c6-3-4(9)8-2-1-7-5(8)10/h1-3,6H2,(H,7,10). The molecule has 0 aromatic heterocycles. The van der Waals surface area contributed by atoms with Crippen molar-refractivity contribution in [1.82, 2.24) is 10.2 Å². The highest BCUT2D eigenvalue weighted by molar-refractivity contribution is 5.96. The fourth-order valence-electron chi connectivity index (χ4n) is 0.820. The van der Waals surface area contributed by atoms with Gasteiger partial charge in [0.1, 0.15) is 0 Å². The van der Waals surface area contributed by atoms with Crippen LogP contribution in [0.1, 0.15) is 0 Å². The second-order valence-electron chi connectivity index (χ2n) is 1.98. The molecule has 0 aromatic rings. The predicted octanol–water partition coefficient (Wildman–Crippen LogP) is -1.50. The van der Waals surface area contributed by atoms with Crippen LogP contribution in [0.15, 0.2) is 0 Å². The molecule has 3 amide bonds. The lowest BCUT2D eigenvalue weighted by Crippen LogP contribution is -2.38. The first-order chi connectivity index (χ1) is 4.75. The fourth-order valence-corrected chi connectivity index (χ4v) is 0.820. The van der Waals surface area contributed by atoms with Crippen LogP contribution in [0.25, 0.3) is 0 Å². The number of nitrogens with zero attached hydrogens (tertiary/aromatic N) is 1. The maximum absolute atomic E-state index is 10.8. The Balaban J connectivity index is 2.55. The van der Waals surface area contributed by atoms with Crippen LogP contribution in [0, 0.1) is 0 Å². The van der Waals surface area contributed by atoms with Gasteiger partial charge in [0.25, 0.3) is 0 Å². The van der Waals surface area contributed by atoms with Crippen molar-refractivity contribution >= 4 is 11.9 Å². The summed E-state index contributed by atoms with van der Waals surface area (Å²) in [6, 6.07) is -0.338. The van der Waals surface area contributed by atoms with Crippen LogP contribution in [0.2, 0.25) is 0 Å². The largest absolute Gasteiger partial charge is 0.336 e.